The monoisotopic (exact) mass is 302 g/mol. The molecular weight excluding hydrogens is 284 g/mol. The van der Waals surface area contributed by atoms with Crippen molar-refractivity contribution in [3.8, 4) is 5.75 Å². The van der Waals surface area contributed by atoms with Gasteiger partial charge in [0.1, 0.15) is 5.75 Å². The highest BCUT2D eigenvalue weighted by Crippen LogP contribution is 2.35. The van der Waals surface area contributed by atoms with E-state index in [1.54, 1.807) is 0 Å². The van der Waals surface area contributed by atoms with Gasteiger partial charge in [-0.3, -0.25) is 0 Å². The van der Waals surface area contributed by atoms with Gasteiger partial charge in [-0.25, -0.2) is 0 Å². The lowest BCUT2D eigenvalue weighted by molar-refractivity contribution is 0.176. The van der Waals surface area contributed by atoms with Gasteiger partial charge in [0.15, 0.2) is 0 Å². The van der Waals surface area contributed by atoms with Crippen LogP contribution in [0, 0.1) is 13.8 Å². The fraction of sp³-hybridized carbons (Fsp3) is 0.333. The summed E-state index contributed by atoms with van der Waals surface area (Å²) < 4.78 is 5.70. The van der Waals surface area contributed by atoms with Crippen LogP contribution in [0.4, 0.5) is 0 Å². The average molecular weight is 303 g/mol. The summed E-state index contributed by atoms with van der Waals surface area (Å²) in [5.74, 6) is 0.906. The van der Waals surface area contributed by atoms with Crippen LogP contribution < -0.4 is 4.74 Å². The van der Waals surface area contributed by atoms with Crippen LogP contribution in [0.15, 0.2) is 30.3 Å². The lowest BCUT2D eigenvalue weighted by atomic mass is 9.95. The SMILES string of the molecule is Cc1ccc(C(O)Cc2cc(Cl)cc3c2OCC3)c(C)c1. The third kappa shape index (κ3) is 2.92. The molecule has 3 rings (SSSR count). The first kappa shape index (κ1) is 14.4. The lowest BCUT2D eigenvalue weighted by Gasteiger charge is -2.16. The largest absolute Gasteiger partial charge is 0.493 e. The van der Waals surface area contributed by atoms with Gasteiger partial charge in [0.05, 0.1) is 12.7 Å². The summed E-state index contributed by atoms with van der Waals surface area (Å²) in [7, 11) is 0. The summed E-state index contributed by atoms with van der Waals surface area (Å²) in [5.41, 5.74) is 5.41. The fourth-order valence-corrected chi connectivity index (χ4v) is 3.28. The number of fused-ring (bicyclic) bond motifs is 1. The Morgan fingerprint density at radius 2 is 2.05 bits per heavy atom. The van der Waals surface area contributed by atoms with Gasteiger partial charge in [-0.15, -0.1) is 0 Å². The summed E-state index contributed by atoms with van der Waals surface area (Å²) in [4.78, 5) is 0. The number of ether oxygens (including phenoxy) is 1. The number of aliphatic hydroxyl groups excluding tert-OH is 1. The molecule has 0 spiro atoms. The Morgan fingerprint density at radius 1 is 1.24 bits per heavy atom. The van der Waals surface area contributed by atoms with E-state index in [0.717, 1.165) is 34.4 Å². The molecule has 0 fully saturated rings. The molecule has 1 N–H and O–H groups in total. The maximum absolute atomic E-state index is 10.6. The maximum atomic E-state index is 10.6. The second kappa shape index (κ2) is 5.70. The van der Waals surface area contributed by atoms with Gasteiger partial charge in [0, 0.05) is 17.9 Å². The minimum Gasteiger partial charge on any atom is -0.493 e. The predicted molar refractivity (Wildman–Crippen MR) is 85.2 cm³/mol. The minimum atomic E-state index is -0.544. The summed E-state index contributed by atoms with van der Waals surface area (Å²) in [5, 5.41) is 11.3. The lowest BCUT2D eigenvalue weighted by Crippen LogP contribution is -2.05. The highest BCUT2D eigenvalue weighted by molar-refractivity contribution is 6.30. The van der Waals surface area contributed by atoms with Crippen molar-refractivity contribution >= 4 is 11.6 Å². The zero-order valence-corrected chi connectivity index (χ0v) is 13.1. The van der Waals surface area contributed by atoms with Gasteiger partial charge in [0.25, 0.3) is 0 Å². The summed E-state index contributed by atoms with van der Waals surface area (Å²) in [6.45, 7) is 4.79. The second-order valence-electron chi connectivity index (χ2n) is 5.73. The van der Waals surface area contributed by atoms with E-state index in [-0.39, 0.29) is 0 Å². The van der Waals surface area contributed by atoms with Crippen LogP contribution >= 0.6 is 11.6 Å². The van der Waals surface area contributed by atoms with Gasteiger partial charge < -0.3 is 9.84 Å². The van der Waals surface area contributed by atoms with Crippen LogP contribution in [0.5, 0.6) is 5.75 Å². The number of hydrogen-bond acceptors (Lipinski definition) is 2. The molecule has 2 aromatic rings. The molecule has 1 aliphatic heterocycles. The van der Waals surface area contributed by atoms with Crippen molar-refractivity contribution in [1.82, 2.24) is 0 Å². The van der Waals surface area contributed by atoms with Crippen molar-refractivity contribution in [2.24, 2.45) is 0 Å². The number of aryl methyl sites for hydroxylation is 2. The molecule has 0 bridgehead atoms. The number of rotatable bonds is 3. The first-order chi connectivity index (χ1) is 10.0. The van der Waals surface area contributed by atoms with E-state index < -0.39 is 6.10 Å². The summed E-state index contributed by atoms with van der Waals surface area (Å²) in [6, 6.07) is 9.98. The number of aliphatic hydroxyl groups is 1. The molecule has 0 saturated carbocycles. The number of halogens is 1. The minimum absolute atomic E-state index is 0.521. The average Bonchev–Trinajstić information content (AvgIpc) is 2.86. The molecular formula is C18H19ClO2. The van der Waals surface area contributed by atoms with Crippen LogP contribution in [0.1, 0.15) is 33.9 Å². The van der Waals surface area contributed by atoms with Crippen LogP contribution in [0.25, 0.3) is 0 Å². The van der Waals surface area contributed by atoms with Crippen molar-refractivity contribution in [2.75, 3.05) is 6.61 Å². The first-order valence-electron chi connectivity index (χ1n) is 7.24. The molecule has 0 radical (unpaired) electrons. The first-order valence-corrected chi connectivity index (χ1v) is 7.61. The zero-order valence-electron chi connectivity index (χ0n) is 12.3. The Hall–Kier alpha value is -1.51. The van der Waals surface area contributed by atoms with E-state index in [0.29, 0.717) is 18.1 Å². The molecule has 2 aromatic carbocycles. The van der Waals surface area contributed by atoms with E-state index in [1.807, 2.05) is 31.2 Å². The molecule has 0 saturated heterocycles. The van der Waals surface area contributed by atoms with Crippen LogP contribution in [0.3, 0.4) is 0 Å². The Balaban J connectivity index is 1.90. The number of benzene rings is 2. The van der Waals surface area contributed by atoms with E-state index in [9.17, 15) is 5.11 Å². The smallest absolute Gasteiger partial charge is 0.126 e. The molecule has 1 heterocycles. The summed E-state index contributed by atoms with van der Waals surface area (Å²) >= 11 is 6.17. The topological polar surface area (TPSA) is 29.5 Å². The molecule has 1 atom stereocenters. The molecule has 1 aliphatic rings. The van der Waals surface area contributed by atoms with Crippen LogP contribution in [0.2, 0.25) is 5.02 Å². The van der Waals surface area contributed by atoms with Gasteiger partial charge in [0.2, 0.25) is 0 Å². The van der Waals surface area contributed by atoms with Gasteiger partial charge in [-0.05, 0) is 48.2 Å². The molecule has 110 valence electrons. The number of hydrogen-bond donors (Lipinski definition) is 1. The van der Waals surface area contributed by atoms with Crippen molar-refractivity contribution in [2.45, 2.75) is 32.8 Å². The third-order valence-electron chi connectivity index (χ3n) is 4.02. The predicted octanol–water partition coefficient (Wildman–Crippen LogP) is 4.17. The quantitative estimate of drug-likeness (QED) is 0.922. The second-order valence-corrected chi connectivity index (χ2v) is 6.17. The van der Waals surface area contributed by atoms with Gasteiger partial charge in [-0.1, -0.05) is 35.4 Å². The Labute approximate surface area is 130 Å². The van der Waals surface area contributed by atoms with Crippen LogP contribution in [-0.4, -0.2) is 11.7 Å². The fourth-order valence-electron chi connectivity index (χ4n) is 3.02. The van der Waals surface area contributed by atoms with Crippen molar-refractivity contribution in [3.05, 3.63) is 63.2 Å². The van der Waals surface area contributed by atoms with E-state index in [4.69, 9.17) is 16.3 Å². The molecule has 2 nitrogen and oxygen atoms in total. The molecule has 0 aromatic heterocycles. The van der Waals surface area contributed by atoms with Crippen molar-refractivity contribution in [1.29, 1.82) is 0 Å². The van der Waals surface area contributed by atoms with E-state index in [2.05, 4.69) is 13.0 Å². The van der Waals surface area contributed by atoms with E-state index >= 15 is 0 Å². The molecule has 0 aliphatic carbocycles. The van der Waals surface area contributed by atoms with Crippen molar-refractivity contribution in [3.63, 3.8) is 0 Å². The molecule has 21 heavy (non-hydrogen) atoms. The molecule has 1 unspecified atom stereocenters. The zero-order chi connectivity index (χ0) is 15.0. The van der Waals surface area contributed by atoms with E-state index in [1.165, 1.54) is 5.56 Å². The third-order valence-corrected chi connectivity index (χ3v) is 4.24. The molecule has 3 heteroatoms. The normalized spacial score (nSPS) is 14.7. The maximum Gasteiger partial charge on any atom is 0.126 e. The van der Waals surface area contributed by atoms with Crippen LogP contribution in [-0.2, 0) is 12.8 Å². The standard InChI is InChI=1S/C18H19ClO2/c1-11-3-4-16(12(2)7-11)17(20)10-14-9-15(19)8-13-5-6-21-18(13)14/h3-4,7-9,17,20H,5-6,10H2,1-2H3. The Kier molecular flexibility index (Phi) is 3.92. The van der Waals surface area contributed by atoms with Gasteiger partial charge >= 0.3 is 0 Å². The highest BCUT2D eigenvalue weighted by atomic mass is 35.5. The molecule has 0 amide bonds. The summed E-state index contributed by atoms with van der Waals surface area (Å²) in [6.07, 6.45) is 0.868. The highest BCUT2D eigenvalue weighted by Gasteiger charge is 2.20. The Bertz CT molecular complexity index is 679. The van der Waals surface area contributed by atoms with Gasteiger partial charge in [-0.2, -0.15) is 0 Å². The van der Waals surface area contributed by atoms with Crippen molar-refractivity contribution < 1.29 is 9.84 Å². The Morgan fingerprint density at radius 3 is 2.81 bits per heavy atom.